The van der Waals surface area contributed by atoms with E-state index < -0.39 is 15.9 Å². The van der Waals surface area contributed by atoms with E-state index in [2.05, 4.69) is 20.2 Å². The third-order valence-electron chi connectivity index (χ3n) is 3.95. The molecule has 1 heterocycles. The number of nitrogens with zero attached hydrogens (tertiary/aromatic N) is 2. The van der Waals surface area contributed by atoms with E-state index in [9.17, 15) is 13.2 Å². The molecule has 3 rings (SSSR count). The quantitative estimate of drug-likeness (QED) is 0.461. The number of sulfonamides is 1. The number of anilines is 1. The van der Waals surface area contributed by atoms with Gasteiger partial charge in [-0.2, -0.15) is 5.10 Å². The fraction of sp³-hybridized carbons (Fsp3) is 0.0500. The number of para-hydroxylation sites is 1. The first-order valence-electron chi connectivity index (χ1n) is 8.49. The molecule has 0 bridgehead atoms. The lowest BCUT2D eigenvalue weighted by Crippen LogP contribution is -2.20. The van der Waals surface area contributed by atoms with Crippen molar-refractivity contribution < 1.29 is 13.2 Å². The Bertz CT molecular complexity index is 1170. The van der Waals surface area contributed by atoms with Gasteiger partial charge in [0.25, 0.3) is 15.9 Å². The summed E-state index contributed by atoms with van der Waals surface area (Å²) < 4.78 is 27.7. The average molecular weight is 429 g/mol. The van der Waals surface area contributed by atoms with Gasteiger partial charge in [0.15, 0.2) is 0 Å². The van der Waals surface area contributed by atoms with Gasteiger partial charge in [0.2, 0.25) is 0 Å². The molecule has 29 heavy (non-hydrogen) atoms. The maximum atomic E-state index is 12.6. The Hall–Kier alpha value is -3.23. The summed E-state index contributed by atoms with van der Waals surface area (Å²) in [5.41, 5.74) is 4.22. The molecule has 0 aliphatic carbocycles. The van der Waals surface area contributed by atoms with Crippen molar-refractivity contribution >= 4 is 38.9 Å². The number of halogens is 1. The Morgan fingerprint density at radius 2 is 1.72 bits per heavy atom. The Kier molecular flexibility index (Phi) is 6.26. The summed E-state index contributed by atoms with van der Waals surface area (Å²) in [6.07, 6.45) is 3.24. The molecule has 0 radical (unpaired) electrons. The second-order valence-electron chi connectivity index (χ2n) is 5.99. The molecule has 2 aromatic carbocycles. The number of hydrazone groups is 1. The minimum absolute atomic E-state index is 0.0695. The molecule has 0 fully saturated rings. The van der Waals surface area contributed by atoms with Gasteiger partial charge < -0.3 is 0 Å². The van der Waals surface area contributed by atoms with Gasteiger partial charge in [0.05, 0.1) is 21.3 Å². The van der Waals surface area contributed by atoms with Crippen LogP contribution in [0.4, 0.5) is 5.69 Å². The van der Waals surface area contributed by atoms with Crippen LogP contribution in [-0.2, 0) is 10.0 Å². The van der Waals surface area contributed by atoms with E-state index >= 15 is 0 Å². The monoisotopic (exact) mass is 428 g/mol. The van der Waals surface area contributed by atoms with Crippen LogP contribution in [0, 0.1) is 0 Å². The molecule has 1 amide bonds. The molecule has 1 aromatic heterocycles. The first-order chi connectivity index (χ1) is 13.9. The SMILES string of the molecule is CC(=NNC(=O)c1cccc(S(=O)(=O)Nc2ccccc2Cl)c1)c1ccncc1. The Labute approximate surface area is 173 Å². The molecule has 0 unspecified atom stereocenters. The lowest BCUT2D eigenvalue weighted by Gasteiger charge is -2.10. The minimum atomic E-state index is -3.92. The largest absolute Gasteiger partial charge is 0.278 e. The number of carbonyl (C=O) groups excluding carboxylic acids is 1. The summed E-state index contributed by atoms with van der Waals surface area (Å²) in [7, 11) is -3.92. The highest BCUT2D eigenvalue weighted by molar-refractivity contribution is 7.92. The zero-order valence-corrected chi connectivity index (χ0v) is 16.9. The van der Waals surface area contributed by atoms with Gasteiger partial charge in [-0.1, -0.05) is 29.8 Å². The van der Waals surface area contributed by atoms with E-state index in [1.54, 1.807) is 55.7 Å². The summed E-state index contributed by atoms with van der Waals surface area (Å²) >= 11 is 6.01. The third kappa shape index (κ3) is 5.18. The maximum Gasteiger partial charge on any atom is 0.271 e. The van der Waals surface area contributed by atoms with Crippen molar-refractivity contribution in [3.05, 3.63) is 89.2 Å². The smallest absolute Gasteiger partial charge is 0.271 e. The van der Waals surface area contributed by atoms with Gasteiger partial charge in [-0.25, -0.2) is 13.8 Å². The van der Waals surface area contributed by atoms with Crippen molar-refractivity contribution in [1.82, 2.24) is 10.4 Å². The van der Waals surface area contributed by atoms with E-state index in [0.29, 0.717) is 5.71 Å². The lowest BCUT2D eigenvalue weighted by molar-refractivity contribution is 0.0954. The van der Waals surface area contributed by atoms with Crippen LogP contribution >= 0.6 is 11.6 Å². The minimum Gasteiger partial charge on any atom is -0.278 e. The number of benzene rings is 2. The van der Waals surface area contributed by atoms with Crippen LogP contribution in [0.5, 0.6) is 0 Å². The number of hydrogen-bond donors (Lipinski definition) is 2. The van der Waals surface area contributed by atoms with Crippen LogP contribution in [0.1, 0.15) is 22.8 Å². The van der Waals surface area contributed by atoms with E-state index in [4.69, 9.17) is 11.6 Å². The summed E-state index contributed by atoms with van der Waals surface area (Å²) in [5, 5.41) is 4.32. The van der Waals surface area contributed by atoms with Crippen molar-refractivity contribution in [3.63, 3.8) is 0 Å². The third-order valence-corrected chi connectivity index (χ3v) is 5.64. The van der Waals surface area contributed by atoms with E-state index in [0.717, 1.165) is 5.56 Å². The number of carbonyl (C=O) groups is 1. The molecule has 9 heteroatoms. The molecule has 2 N–H and O–H groups in total. The average Bonchev–Trinajstić information content (AvgIpc) is 2.74. The molecular formula is C20H17ClN4O3S. The molecule has 0 saturated heterocycles. The van der Waals surface area contributed by atoms with Gasteiger partial charge in [-0.15, -0.1) is 0 Å². The predicted molar refractivity (Wildman–Crippen MR) is 113 cm³/mol. The fourth-order valence-electron chi connectivity index (χ4n) is 2.41. The molecule has 0 saturated carbocycles. The number of hydrogen-bond acceptors (Lipinski definition) is 5. The van der Waals surface area contributed by atoms with E-state index in [1.165, 1.54) is 24.3 Å². The highest BCUT2D eigenvalue weighted by Gasteiger charge is 2.17. The fourth-order valence-corrected chi connectivity index (χ4v) is 3.77. The Morgan fingerprint density at radius 1 is 1.00 bits per heavy atom. The van der Waals surface area contributed by atoms with Gasteiger partial charge in [0.1, 0.15) is 0 Å². The van der Waals surface area contributed by atoms with Crippen LogP contribution < -0.4 is 10.1 Å². The van der Waals surface area contributed by atoms with E-state index in [-0.39, 0.29) is 21.2 Å². The highest BCUT2D eigenvalue weighted by atomic mass is 35.5. The van der Waals surface area contributed by atoms with Crippen molar-refractivity contribution in [3.8, 4) is 0 Å². The van der Waals surface area contributed by atoms with Crippen LogP contribution in [0.25, 0.3) is 0 Å². The molecule has 0 aliphatic heterocycles. The first-order valence-corrected chi connectivity index (χ1v) is 10.4. The van der Waals surface area contributed by atoms with Crippen molar-refractivity contribution in [2.45, 2.75) is 11.8 Å². The summed E-state index contributed by atoms with van der Waals surface area (Å²) in [6.45, 7) is 1.74. The predicted octanol–water partition coefficient (Wildman–Crippen LogP) is 3.69. The topological polar surface area (TPSA) is 101 Å². The summed E-state index contributed by atoms with van der Waals surface area (Å²) in [5.74, 6) is -0.534. The number of nitrogens with one attached hydrogen (secondary N) is 2. The second-order valence-corrected chi connectivity index (χ2v) is 8.08. The number of aromatic nitrogens is 1. The van der Waals surface area contributed by atoms with Crippen molar-refractivity contribution in [2.24, 2.45) is 5.10 Å². The summed E-state index contributed by atoms with van der Waals surface area (Å²) in [4.78, 5) is 16.3. The van der Waals surface area contributed by atoms with Crippen LogP contribution in [-0.4, -0.2) is 25.0 Å². The first kappa shape index (κ1) is 20.5. The molecule has 148 valence electrons. The van der Waals surface area contributed by atoms with Crippen molar-refractivity contribution in [2.75, 3.05) is 4.72 Å². The van der Waals surface area contributed by atoms with Gasteiger partial charge in [-0.3, -0.25) is 14.5 Å². The molecule has 3 aromatic rings. The van der Waals surface area contributed by atoms with Crippen molar-refractivity contribution in [1.29, 1.82) is 0 Å². The Morgan fingerprint density at radius 3 is 2.45 bits per heavy atom. The highest BCUT2D eigenvalue weighted by Crippen LogP contribution is 2.24. The van der Waals surface area contributed by atoms with Gasteiger partial charge >= 0.3 is 0 Å². The molecule has 0 aliphatic rings. The number of amides is 1. The van der Waals surface area contributed by atoms with Crippen LogP contribution in [0.3, 0.4) is 0 Å². The van der Waals surface area contributed by atoms with Crippen LogP contribution in [0.2, 0.25) is 5.02 Å². The van der Waals surface area contributed by atoms with Crippen LogP contribution in [0.15, 0.2) is 83.1 Å². The lowest BCUT2D eigenvalue weighted by atomic mass is 10.2. The molecule has 0 spiro atoms. The standard InChI is InChI=1S/C20H17ClN4O3S/c1-14(15-9-11-22-12-10-15)23-24-20(26)16-5-4-6-17(13-16)29(27,28)25-19-8-3-2-7-18(19)21/h2-13,25H,1H3,(H,24,26). The zero-order valence-electron chi connectivity index (χ0n) is 15.3. The van der Waals surface area contributed by atoms with Gasteiger partial charge in [-0.05, 0) is 49.4 Å². The summed E-state index contributed by atoms with van der Waals surface area (Å²) in [6, 6.07) is 15.6. The number of rotatable bonds is 6. The second kappa shape index (κ2) is 8.85. The van der Waals surface area contributed by atoms with Gasteiger partial charge in [0, 0.05) is 23.5 Å². The molecule has 0 atom stereocenters. The van der Waals surface area contributed by atoms with E-state index in [1.807, 2.05) is 0 Å². The normalized spacial score (nSPS) is 11.7. The molecular weight excluding hydrogens is 412 g/mol. The Balaban J connectivity index is 1.78. The molecule has 7 nitrogen and oxygen atoms in total. The maximum absolute atomic E-state index is 12.6. The number of pyridine rings is 1. The zero-order chi connectivity index (χ0) is 20.9.